The molecule has 0 unspecified atom stereocenters. The Kier molecular flexibility index (Phi) is 6.31. The average molecular weight is 431 g/mol. The highest BCUT2D eigenvalue weighted by molar-refractivity contribution is 7.89. The highest BCUT2D eigenvalue weighted by Gasteiger charge is 2.27. The second-order valence-electron chi connectivity index (χ2n) is 7.56. The molecule has 1 saturated heterocycles. The van der Waals surface area contributed by atoms with Gasteiger partial charge < -0.3 is 15.0 Å². The summed E-state index contributed by atoms with van der Waals surface area (Å²) in [6, 6.07) is 10.4. The zero-order valence-corrected chi connectivity index (χ0v) is 17.5. The number of sulfonamides is 1. The molecule has 1 aliphatic heterocycles. The number of morpholine rings is 1. The van der Waals surface area contributed by atoms with Crippen LogP contribution in [0.15, 0.2) is 47.5 Å². The zero-order chi connectivity index (χ0) is 21.0. The predicted octanol–water partition coefficient (Wildman–Crippen LogP) is 1.93. The molecule has 1 aliphatic carbocycles. The van der Waals surface area contributed by atoms with Crippen molar-refractivity contribution >= 4 is 27.4 Å². The highest BCUT2D eigenvalue weighted by atomic mass is 32.2. The van der Waals surface area contributed by atoms with Crippen molar-refractivity contribution in [1.29, 1.82) is 0 Å². The summed E-state index contributed by atoms with van der Waals surface area (Å²) >= 11 is 0. The van der Waals surface area contributed by atoms with Crippen molar-refractivity contribution < 1.29 is 17.9 Å². The quantitative estimate of drug-likeness (QED) is 0.664. The zero-order valence-electron chi connectivity index (χ0n) is 16.7. The van der Waals surface area contributed by atoms with E-state index in [0.29, 0.717) is 31.7 Å². The summed E-state index contributed by atoms with van der Waals surface area (Å²) in [4.78, 5) is 19.3. The molecule has 4 rings (SSSR count). The lowest BCUT2D eigenvalue weighted by atomic mass is 10.1. The van der Waals surface area contributed by atoms with Crippen LogP contribution < -0.4 is 14.9 Å². The molecular weight excluding hydrogens is 404 g/mol. The van der Waals surface area contributed by atoms with Crippen molar-refractivity contribution in [2.45, 2.75) is 36.6 Å². The summed E-state index contributed by atoms with van der Waals surface area (Å²) in [6.45, 7) is 2.77. The van der Waals surface area contributed by atoms with Gasteiger partial charge in [-0.05, 0) is 49.1 Å². The minimum atomic E-state index is -3.45. The second kappa shape index (κ2) is 9.11. The SMILES string of the molecule is O=C(CCc1ccc(S(=O)(=O)NC2CC2)cc1)Nc1cccnc1N1CCOCC1. The van der Waals surface area contributed by atoms with Gasteiger partial charge in [-0.1, -0.05) is 12.1 Å². The van der Waals surface area contributed by atoms with E-state index in [9.17, 15) is 13.2 Å². The van der Waals surface area contributed by atoms with Crippen LogP contribution >= 0.6 is 0 Å². The van der Waals surface area contributed by atoms with Crippen molar-refractivity contribution in [3.8, 4) is 0 Å². The maximum Gasteiger partial charge on any atom is 0.240 e. The number of carbonyl (C=O) groups is 1. The van der Waals surface area contributed by atoms with Gasteiger partial charge in [0.25, 0.3) is 0 Å². The first-order chi connectivity index (χ1) is 14.5. The molecule has 1 aromatic carbocycles. The number of ether oxygens (including phenoxy) is 1. The van der Waals surface area contributed by atoms with E-state index >= 15 is 0 Å². The van der Waals surface area contributed by atoms with Gasteiger partial charge in [0.1, 0.15) is 0 Å². The molecule has 30 heavy (non-hydrogen) atoms. The van der Waals surface area contributed by atoms with Gasteiger partial charge in [-0.3, -0.25) is 4.79 Å². The van der Waals surface area contributed by atoms with E-state index in [4.69, 9.17) is 4.74 Å². The van der Waals surface area contributed by atoms with Gasteiger partial charge in [0.2, 0.25) is 15.9 Å². The number of aromatic nitrogens is 1. The maximum absolute atomic E-state index is 12.5. The van der Waals surface area contributed by atoms with E-state index in [-0.39, 0.29) is 16.8 Å². The summed E-state index contributed by atoms with van der Waals surface area (Å²) in [5, 5.41) is 2.95. The number of rotatable bonds is 8. The minimum absolute atomic E-state index is 0.0770. The van der Waals surface area contributed by atoms with E-state index in [2.05, 4.69) is 19.9 Å². The normalized spacial score (nSPS) is 17.0. The molecule has 2 fully saturated rings. The summed E-state index contributed by atoms with van der Waals surface area (Å²) in [5.74, 6) is 0.650. The highest BCUT2D eigenvalue weighted by Crippen LogP contribution is 2.24. The van der Waals surface area contributed by atoms with Crippen LogP contribution in [0.2, 0.25) is 0 Å². The van der Waals surface area contributed by atoms with Crippen LogP contribution in [0.1, 0.15) is 24.8 Å². The van der Waals surface area contributed by atoms with Crippen LogP contribution in [-0.2, 0) is 26.0 Å². The third-order valence-corrected chi connectivity index (χ3v) is 6.68. The molecule has 1 amide bonds. The molecule has 0 atom stereocenters. The Bertz CT molecular complexity index is 984. The van der Waals surface area contributed by atoms with Crippen molar-refractivity contribution in [2.24, 2.45) is 0 Å². The number of amides is 1. The number of benzene rings is 1. The Hall–Kier alpha value is -2.49. The molecular formula is C21H26N4O4S. The molecule has 2 aliphatic rings. The number of nitrogens with one attached hydrogen (secondary N) is 2. The van der Waals surface area contributed by atoms with Gasteiger partial charge in [0, 0.05) is 31.7 Å². The Balaban J connectivity index is 1.33. The maximum atomic E-state index is 12.5. The Morgan fingerprint density at radius 3 is 2.57 bits per heavy atom. The average Bonchev–Trinajstić information content (AvgIpc) is 3.57. The first-order valence-electron chi connectivity index (χ1n) is 10.2. The fourth-order valence-corrected chi connectivity index (χ4v) is 4.62. The molecule has 160 valence electrons. The van der Waals surface area contributed by atoms with Gasteiger partial charge in [-0.25, -0.2) is 18.1 Å². The monoisotopic (exact) mass is 430 g/mol. The topological polar surface area (TPSA) is 101 Å². The van der Waals surface area contributed by atoms with E-state index in [1.54, 1.807) is 36.5 Å². The number of aryl methyl sites for hydroxylation is 1. The van der Waals surface area contributed by atoms with E-state index < -0.39 is 10.0 Å². The van der Waals surface area contributed by atoms with Crippen LogP contribution in [0.4, 0.5) is 11.5 Å². The molecule has 0 radical (unpaired) electrons. The lowest BCUT2D eigenvalue weighted by Crippen LogP contribution is -2.37. The first kappa shape index (κ1) is 20.8. The molecule has 0 bridgehead atoms. The number of nitrogens with zero attached hydrogens (tertiary/aromatic N) is 2. The van der Waals surface area contributed by atoms with E-state index in [0.717, 1.165) is 37.3 Å². The largest absolute Gasteiger partial charge is 0.378 e. The number of carbonyl (C=O) groups excluding carboxylic acids is 1. The van der Waals surface area contributed by atoms with Crippen LogP contribution in [-0.4, -0.2) is 51.7 Å². The van der Waals surface area contributed by atoms with Crippen LogP contribution in [0, 0.1) is 0 Å². The molecule has 9 heteroatoms. The Morgan fingerprint density at radius 2 is 1.87 bits per heavy atom. The molecule has 8 nitrogen and oxygen atoms in total. The standard InChI is InChI=1S/C21H26N4O4S/c26-20(23-19-2-1-11-22-21(19)25-12-14-29-15-13-25)10-5-16-3-8-18(9-4-16)30(27,28)24-17-6-7-17/h1-4,8-9,11,17,24H,5-7,10,12-15H2,(H,23,26). The van der Waals surface area contributed by atoms with Gasteiger partial charge in [0.05, 0.1) is 23.8 Å². The lowest BCUT2D eigenvalue weighted by Gasteiger charge is -2.29. The lowest BCUT2D eigenvalue weighted by molar-refractivity contribution is -0.116. The number of anilines is 2. The number of hydrogen-bond acceptors (Lipinski definition) is 6. The fourth-order valence-electron chi connectivity index (χ4n) is 3.32. The summed E-state index contributed by atoms with van der Waals surface area (Å²) < 4.78 is 32.5. The van der Waals surface area contributed by atoms with Gasteiger partial charge in [0.15, 0.2) is 5.82 Å². The third kappa shape index (κ3) is 5.35. The summed E-state index contributed by atoms with van der Waals surface area (Å²) in [5.41, 5.74) is 1.60. The van der Waals surface area contributed by atoms with Crippen molar-refractivity contribution in [3.05, 3.63) is 48.2 Å². The van der Waals surface area contributed by atoms with Crippen LogP contribution in [0.5, 0.6) is 0 Å². The molecule has 2 N–H and O–H groups in total. The van der Waals surface area contributed by atoms with Gasteiger partial charge in [-0.15, -0.1) is 0 Å². The van der Waals surface area contributed by atoms with E-state index in [1.807, 2.05) is 6.07 Å². The summed E-state index contributed by atoms with van der Waals surface area (Å²) in [7, 11) is -3.45. The Labute approximate surface area is 176 Å². The predicted molar refractivity (Wildman–Crippen MR) is 114 cm³/mol. The van der Waals surface area contributed by atoms with Gasteiger partial charge in [-0.2, -0.15) is 0 Å². The molecule has 0 spiro atoms. The Morgan fingerprint density at radius 1 is 1.13 bits per heavy atom. The number of hydrogen-bond donors (Lipinski definition) is 2. The third-order valence-electron chi connectivity index (χ3n) is 5.14. The van der Waals surface area contributed by atoms with Crippen molar-refractivity contribution in [1.82, 2.24) is 9.71 Å². The molecule has 1 aromatic heterocycles. The summed E-state index contributed by atoms with van der Waals surface area (Å²) in [6.07, 6.45) is 4.33. The smallest absolute Gasteiger partial charge is 0.240 e. The van der Waals surface area contributed by atoms with Gasteiger partial charge >= 0.3 is 0 Å². The minimum Gasteiger partial charge on any atom is -0.378 e. The fraction of sp³-hybridized carbons (Fsp3) is 0.429. The van der Waals surface area contributed by atoms with E-state index in [1.165, 1.54) is 0 Å². The molecule has 2 heterocycles. The molecule has 2 aromatic rings. The second-order valence-corrected chi connectivity index (χ2v) is 9.28. The molecule has 1 saturated carbocycles. The van der Waals surface area contributed by atoms with Crippen LogP contribution in [0.3, 0.4) is 0 Å². The van der Waals surface area contributed by atoms with Crippen molar-refractivity contribution in [2.75, 3.05) is 36.5 Å². The van der Waals surface area contributed by atoms with Crippen LogP contribution in [0.25, 0.3) is 0 Å². The van der Waals surface area contributed by atoms with Crippen molar-refractivity contribution in [3.63, 3.8) is 0 Å². The first-order valence-corrected chi connectivity index (χ1v) is 11.7. The number of pyridine rings is 1.